The van der Waals surface area contributed by atoms with E-state index < -0.39 is 0 Å². The Morgan fingerprint density at radius 1 is 1.23 bits per heavy atom. The Labute approximate surface area is 131 Å². The molecule has 2 aromatic heterocycles. The van der Waals surface area contributed by atoms with Gasteiger partial charge < -0.3 is 4.98 Å². The van der Waals surface area contributed by atoms with Gasteiger partial charge in [-0.25, -0.2) is 4.98 Å². The fourth-order valence-electron chi connectivity index (χ4n) is 3.06. The quantitative estimate of drug-likeness (QED) is 0.801. The smallest absolute Gasteiger partial charge is 0.0921 e. The molecule has 1 atom stereocenters. The second kappa shape index (κ2) is 5.79. The van der Waals surface area contributed by atoms with Gasteiger partial charge in [-0.15, -0.1) is 0 Å². The van der Waals surface area contributed by atoms with Gasteiger partial charge in [-0.05, 0) is 43.5 Å². The van der Waals surface area contributed by atoms with Gasteiger partial charge in [-0.3, -0.25) is 4.68 Å². The van der Waals surface area contributed by atoms with Gasteiger partial charge in [-0.2, -0.15) is 5.10 Å². The first-order valence-corrected chi connectivity index (χ1v) is 7.60. The van der Waals surface area contributed by atoms with Gasteiger partial charge in [0.2, 0.25) is 0 Å². The summed E-state index contributed by atoms with van der Waals surface area (Å²) in [5.41, 5.74) is 7.46. The van der Waals surface area contributed by atoms with Gasteiger partial charge in [0.15, 0.2) is 0 Å². The van der Waals surface area contributed by atoms with Crippen LogP contribution in [-0.4, -0.2) is 19.7 Å². The van der Waals surface area contributed by atoms with Crippen molar-refractivity contribution in [3.63, 3.8) is 0 Å². The van der Waals surface area contributed by atoms with Gasteiger partial charge in [0.05, 0.1) is 12.0 Å². The molecule has 22 heavy (non-hydrogen) atoms. The summed E-state index contributed by atoms with van der Waals surface area (Å²) in [7, 11) is 2.01. The van der Waals surface area contributed by atoms with Crippen LogP contribution in [0.5, 0.6) is 0 Å². The number of imidazole rings is 1. The number of hydrogen-bond acceptors (Lipinski definition) is 2. The fraction of sp³-hybridized carbons (Fsp3) is 0.333. The summed E-state index contributed by atoms with van der Waals surface area (Å²) in [5, 5.41) is 4.47. The summed E-state index contributed by atoms with van der Waals surface area (Å²) in [5.74, 6) is 0.261. The molecule has 1 N–H and O–H groups in total. The zero-order valence-electron chi connectivity index (χ0n) is 13.6. The van der Waals surface area contributed by atoms with E-state index in [-0.39, 0.29) is 5.92 Å². The SMILES string of the molecule is Cc1cc(C[C@@H](c2cnc[nH]2)c2cccc(C)c2C)n(C)n1. The number of benzene rings is 1. The van der Waals surface area contributed by atoms with Crippen molar-refractivity contribution < 1.29 is 0 Å². The van der Waals surface area contributed by atoms with Gasteiger partial charge in [0.25, 0.3) is 0 Å². The fourth-order valence-corrected chi connectivity index (χ4v) is 3.06. The summed E-state index contributed by atoms with van der Waals surface area (Å²) in [6, 6.07) is 8.68. The summed E-state index contributed by atoms with van der Waals surface area (Å²) < 4.78 is 1.98. The minimum Gasteiger partial charge on any atom is -0.348 e. The van der Waals surface area contributed by atoms with Crippen molar-refractivity contribution in [1.29, 1.82) is 0 Å². The molecule has 2 heterocycles. The highest BCUT2D eigenvalue weighted by atomic mass is 15.3. The van der Waals surface area contributed by atoms with Crippen LogP contribution in [0.1, 0.15) is 39.7 Å². The van der Waals surface area contributed by atoms with Crippen LogP contribution >= 0.6 is 0 Å². The topological polar surface area (TPSA) is 46.5 Å². The average molecular weight is 294 g/mol. The number of aromatic amines is 1. The second-order valence-electron chi connectivity index (χ2n) is 5.95. The highest BCUT2D eigenvalue weighted by Crippen LogP contribution is 2.30. The molecule has 0 spiro atoms. The van der Waals surface area contributed by atoms with Crippen LogP contribution in [0.25, 0.3) is 0 Å². The molecule has 0 aliphatic rings. The number of H-pyrrole nitrogens is 1. The van der Waals surface area contributed by atoms with Crippen LogP contribution in [0, 0.1) is 20.8 Å². The normalized spacial score (nSPS) is 12.5. The highest BCUT2D eigenvalue weighted by molar-refractivity contribution is 5.40. The molecule has 0 radical (unpaired) electrons. The van der Waals surface area contributed by atoms with Gasteiger partial charge in [-0.1, -0.05) is 18.2 Å². The lowest BCUT2D eigenvalue weighted by molar-refractivity contribution is 0.662. The molecule has 0 saturated carbocycles. The third-order valence-electron chi connectivity index (χ3n) is 4.43. The van der Waals surface area contributed by atoms with Crippen molar-refractivity contribution in [1.82, 2.24) is 19.7 Å². The van der Waals surface area contributed by atoms with E-state index in [9.17, 15) is 0 Å². The molecule has 0 amide bonds. The van der Waals surface area contributed by atoms with Crippen LogP contribution in [0.15, 0.2) is 36.8 Å². The largest absolute Gasteiger partial charge is 0.348 e. The minimum absolute atomic E-state index is 0.261. The molecule has 0 fully saturated rings. The van der Waals surface area contributed by atoms with Crippen LogP contribution in [-0.2, 0) is 13.5 Å². The summed E-state index contributed by atoms with van der Waals surface area (Å²) in [6.07, 6.45) is 4.58. The molecule has 3 aromatic rings. The van der Waals surface area contributed by atoms with Crippen molar-refractivity contribution >= 4 is 0 Å². The predicted octanol–water partition coefficient (Wildman–Crippen LogP) is 3.44. The van der Waals surface area contributed by atoms with Gasteiger partial charge >= 0.3 is 0 Å². The van der Waals surface area contributed by atoms with Crippen LogP contribution in [0.3, 0.4) is 0 Å². The lowest BCUT2D eigenvalue weighted by atomic mass is 9.87. The number of nitrogens with zero attached hydrogens (tertiary/aromatic N) is 3. The first-order valence-electron chi connectivity index (χ1n) is 7.60. The molecule has 0 saturated heterocycles. The van der Waals surface area contributed by atoms with Crippen molar-refractivity contribution in [2.24, 2.45) is 7.05 Å². The molecular formula is C18H22N4. The van der Waals surface area contributed by atoms with Crippen LogP contribution in [0.4, 0.5) is 0 Å². The van der Waals surface area contributed by atoms with Gasteiger partial charge in [0, 0.05) is 37.0 Å². The molecule has 0 aliphatic carbocycles. The second-order valence-corrected chi connectivity index (χ2v) is 5.95. The summed E-state index contributed by atoms with van der Waals surface area (Å²) in [4.78, 5) is 7.50. The maximum absolute atomic E-state index is 4.47. The summed E-state index contributed by atoms with van der Waals surface area (Å²) in [6.45, 7) is 6.40. The number of hydrogen-bond donors (Lipinski definition) is 1. The van der Waals surface area contributed by atoms with E-state index in [4.69, 9.17) is 0 Å². The maximum Gasteiger partial charge on any atom is 0.0921 e. The lowest BCUT2D eigenvalue weighted by Crippen LogP contribution is -2.11. The van der Waals surface area contributed by atoms with Crippen molar-refractivity contribution in [3.05, 3.63) is 70.6 Å². The zero-order valence-corrected chi connectivity index (χ0v) is 13.6. The number of nitrogens with one attached hydrogen (secondary N) is 1. The highest BCUT2D eigenvalue weighted by Gasteiger charge is 2.20. The molecule has 4 heteroatoms. The van der Waals surface area contributed by atoms with E-state index in [0.29, 0.717) is 0 Å². The molecule has 4 nitrogen and oxygen atoms in total. The average Bonchev–Trinajstić information content (AvgIpc) is 3.10. The van der Waals surface area contributed by atoms with E-state index >= 15 is 0 Å². The Balaban J connectivity index is 2.05. The Kier molecular flexibility index (Phi) is 3.84. The van der Waals surface area contributed by atoms with E-state index in [2.05, 4.69) is 53.2 Å². The standard InChI is InChI=1S/C18H22N4/c1-12-6-5-7-16(14(12)3)17(18-10-19-11-20-18)9-15-8-13(2)21-22(15)4/h5-8,10-11,17H,9H2,1-4H3,(H,19,20)/t17-/m1/s1. The molecule has 114 valence electrons. The third-order valence-corrected chi connectivity index (χ3v) is 4.43. The predicted molar refractivity (Wildman–Crippen MR) is 88.0 cm³/mol. The van der Waals surface area contributed by atoms with Gasteiger partial charge in [0.1, 0.15) is 0 Å². The van der Waals surface area contributed by atoms with Crippen LogP contribution in [0.2, 0.25) is 0 Å². The van der Waals surface area contributed by atoms with Crippen molar-refractivity contribution in [2.75, 3.05) is 0 Å². The Bertz CT molecular complexity index is 768. The van der Waals surface area contributed by atoms with Crippen LogP contribution < -0.4 is 0 Å². The Morgan fingerprint density at radius 2 is 2.05 bits per heavy atom. The molecule has 3 rings (SSSR count). The third kappa shape index (κ3) is 2.69. The zero-order chi connectivity index (χ0) is 15.7. The molecule has 0 bridgehead atoms. The number of aryl methyl sites for hydroxylation is 3. The minimum atomic E-state index is 0.261. The van der Waals surface area contributed by atoms with E-state index in [0.717, 1.165) is 17.8 Å². The Hall–Kier alpha value is -2.36. The lowest BCUT2D eigenvalue weighted by Gasteiger charge is -2.19. The monoisotopic (exact) mass is 294 g/mol. The molecule has 0 aliphatic heterocycles. The van der Waals surface area contributed by atoms with Crippen molar-refractivity contribution in [2.45, 2.75) is 33.1 Å². The maximum atomic E-state index is 4.47. The first kappa shape index (κ1) is 14.6. The number of rotatable bonds is 4. The summed E-state index contributed by atoms with van der Waals surface area (Å²) >= 11 is 0. The van der Waals surface area contributed by atoms with Crippen molar-refractivity contribution in [3.8, 4) is 0 Å². The number of aromatic nitrogens is 4. The molecule has 1 aromatic carbocycles. The van der Waals surface area contributed by atoms with E-state index in [1.165, 1.54) is 22.4 Å². The molecular weight excluding hydrogens is 272 g/mol. The first-order chi connectivity index (χ1) is 10.6. The van der Waals surface area contributed by atoms with E-state index in [1.807, 2.05) is 24.9 Å². The molecule has 0 unspecified atom stereocenters. The Morgan fingerprint density at radius 3 is 2.68 bits per heavy atom. The van der Waals surface area contributed by atoms with E-state index in [1.54, 1.807) is 6.33 Å².